The zero-order valence-corrected chi connectivity index (χ0v) is 12.4. The van der Waals surface area contributed by atoms with E-state index in [1.165, 1.54) is 13.2 Å². The number of halogens is 2. The Morgan fingerprint density at radius 3 is 2.83 bits per heavy atom. The Balaban J connectivity index is 2.22. The van der Waals surface area contributed by atoms with E-state index in [0.717, 1.165) is 20.2 Å². The molecule has 0 bridgehead atoms. The van der Waals surface area contributed by atoms with Crippen molar-refractivity contribution < 1.29 is 9.13 Å². The predicted molar refractivity (Wildman–Crippen MR) is 75.1 cm³/mol. The summed E-state index contributed by atoms with van der Waals surface area (Å²) in [5, 5.41) is 3.83. The van der Waals surface area contributed by atoms with Gasteiger partial charge in [0.1, 0.15) is 4.60 Å². The van der Waals surface area contributed by atoms with Crippen LogP contribution in [0.3, 0.4) is 0 Å². The topological polar surface area (TPSA) is 34.2 Å². The first kappa shape index (κ1) is 13.3. The van der Waals surface area contributed by atoms with Gasteiger partial charge in [0, 0.05) is 18.3 Å². The van der Waals surface area contributed by atoms with E-state index >= 15 is 0 Å². The van der Waals surface area contributed by atoms with E-state index in [9.17, 15) is 4.39 Å². The summed E-state index contributed by atoms with van der Waals surface area (Å²) in [5.41, 5.74) is 0.889. The number of methoxy groups -OCH3 is 1. The van der Waals surface area contributed by atoms with E-state index in [1.807, 2.05) is 13.1 Å². The second kappa shape index (κ2) is 5.67. The third-order valence-electron chi connectivity index (χ3n) is 2.44. The number of aromatic nitrogens is 1. The van der Waals surface area contributed by atoms with Crippen LogP contribution in [0.4, 0.5) is 9.52 Å². The number of nitrogens with zero attached hydrogens (tertiary/aromatic N) is 1. The van der Waals surface area contributed by atoms with Gasteiger partial charge in [-0.3, -0.25) is 0 Å². The van der Waals surface area contributed by atoms with E-state index in [0.29, 0.717) is 6.42 Å². The first-order chi connectivity index (χ1) is 8.63. The van der Waals surface area contributed by atoms with Crippen LogP contribution in [0.15, 0.2) is 22.8 Å². The molecule has 0 fully saturated rings. The maximum absolute atomic E-state index is 13.6. The summed E-state index contributed by atoms with van der Waals surface area (Å²) in [5.74, 6) is -0.0810. The molecule has 1 N–H and O–H groups in total. The first-order valence-electron chi connectivity index (χ1n) is 5.29. The lowest BCUT2D eigenvalue weighted by Crippen LogP contribution is -1.91. The fraction of sp³-hybridized carbons (Fsp3) is 0.250. The molecular formula is C12H12BrFN2OS. The molecule has 0 aliphatic rings. The van der Waals surface area contributed by atoms with Crippen LogP contribution in [0, 0.1) is 5.82 Å². The van der Waals surface area contributed by atoms with Gasteiger partial charge < -0.3 is 10.1 Å². The highest BCUT2D eigenvalue weighted by Gasteiger charge is 2.10. The SMILES string of the molecule is CNc1nc(Br)c(Cc2ccc(OC)c(F)c2)s1. The van der Waals surface area contributed by atoms with E-state index in [4.69, 9.17) is 4.74 Å². The maximum Gasteiger partial charge on any atom is 0.183 e. The second-order valence-electron chi connectivity index (χ2n) is 3.63. The number of anilines is 1. The lowest BCUT2D eigenvalue weighted by Gasteiger charge is -2.04. The second-order valence-corrected chi connectivity index (χ2v) is 5.46. The van der Waals surface area contributed by atoms with Crippen LogP contribution < -0.4 is 10.1 Å². The Kier molecular flexibility index (Phi) is 4.19. The van der Waals surface area contributed by atoms with Crippen molar-refractivity contribution >= 4 is 32.4 Å². The van der Waals surface area contributed by atoms with Gasteiger partial charge in [0.25, 0.3) is 0 Å². The molecule has 0 spiro atoms. The number of ether oxygens (including phenoxy) is 1. The Labute approximate surface area is 117 Å². The van der Waals surface area contributed by atoms with Crippen LogP contribution >= 0.6 is 27.3 Å². The fourth-order valence-corrected chi connectivity index (χ4v) is 3.07. The summed E-state index contributed by atoms with van der Waals surface area (Å²) < 4.78 is 19.3. The number of hydrogen-bond acceptors (Lipinski definition) is 4. The van der Waals surface area contributed by atoms with Crippen LogP contribution in [0.5, 0.6) is 5.75 Å². The Bertz CT molecular complexity index is 559. The molecule has 18 heavy (non-hydrogen) atoms. The third kappa shape index (κ3) is 2.81. The van der Waals surface area contributed by atoms with Gasteiger partial charge in [-0.1, -0.05) is 6.07 Å². The highest BCUT2D eigenvalue weighted by molar-refractivity contribution is 9.10. The monoisotopic (exact) mass is 330 g/mol. The molecule has 0 radical (unpaired) electrons. The highest BCUT2D eigenvalue weighted by Crippen LogP contribution is 2.30. The molecule has 0 saturated carbocycles. The molecule has 1 aromatic carbocycles. The smallest absolute Gasteiger partial charge is 0.183 e. The third-order valence-corrected chi connectivity index (χ3v) is 4.44. The van der Waals surface area contributed by atoms with Gasteiger partial charge in [0.15, 0.2) is 16.7 Å². The fourth-order valence-electron chi connectivity index (χ4n) is 1.55. The van der Waals surface area contributed by atoms with E-state index in [-0.39, 0.29) is 11.6 Å². The molecule has 2 rings (SSSR count). The van der Waals surface area contributed by atoms with Crippen molar-refractivity contribution in [3.63, 3.8) is 0 Å². The first-order valence-corrected chi connectivity index (χ1v) is 6.90. The largest absolute Gasteiger partial charge is 0.494 e. The van der Waals surface area contributed by atoms with E-state index < -0.39 is 0 Å². The zero-order valence-electron chi connectivity index (χ0n) is 9.96. The molecule has 0 aliphatic heterocycles. The molecule has 0 atom stereocenters. The van der Waals surface area contributed by atoms with Crippen LogP contribution in [0.1, 0.15) is 10.4 Å². The maximum atomic E-state index is 13.6. The number of hydrogen-bond donors (Lipinski definition) is 1. The van der Waals surface area contributed by atoms with Gasteiger partial charge in [-0.05, 0) is 33.6 Å². The normalized spacial score (nSPS) is 10.4. The Hall–Kier alpha value is -1.14. The van der Waals surface area contributed by atoms with E-state index in [1.54, 1.807) is 17.4 Å². The average molecular weight is 331 g/mol. The minimum atomic E-state index is -0.343. The quantitative estimate of drug-likeness (QED) is 0.928. The number of thiazole rings is 1. The van der Waals surface area contributed by atoms with Gasteiger partial charge in [0.2, 0.25) is 0 Å². The highest BCUT2D eigenvalue weighted by atomic mass is 79.9. The van der Waals surface area contributed by atoms with Crippen molar-refractivity contribution in [2.45, 2.75) is 6.42 Å². The number of benzene rings is 1. The molecule has 0 aliphatic carbocycles. The molecule has 1 heterocycles. The summed E-state index contributed by atoms with van der Waals surface area (Å²) in [6, 6.07) is 4.98. The Morgan fingerprint density at radius 1 is 1.50 bits per heavy atom. The molecule has 2 aromatic rings. The zero-order chi connectivity index (χ0) is 13.1. The summed E-state index contributed by atoms with van der Waals surface area (Å²) in [4.78, 5) is 5.35. The molecule has 0 amide bonds. The van der Waals surface area contributed by atoms with Crippen LogP contribution in [0.2, 0.25) is 0 Å². The van der Waals surface area contributed by atoms with Crippen molar-refractivity contribution in [2.75, 3.05) is 19.5 Å². The summed E-state index contributed by atoms with van der Waals surface area (Å²) in [6.07, 6.45) is 0.640. The average Bonchev–Trinajstić information content (AvgIpc) is 2.70. The molecule has 96 valence electrons. The van der Waals surface area contributed by atoms with Crippen molar-refractivity contribution in [2.24, 2.45) is 0 Å². The molecular weight excluding hydrogens is 319 g/mol. The molecule has 0 saturated heterocycles. The molecule has 1 aromatic heterocycles. The lowest BCUT2D eigenvalue weighted by molar-refractivity contribution is 0.386. The minimum absolute atomic E-state index is 0.262. The molecule has 3 nitrogen and oxygen atoms in total. The molecule has 0 unspecified atom stereocenters. The van der Waals surface area contributed by atoms with Gasteiger partial charge in [-0.25, -0.2) is 9.37 Å². The summed E-state index contributed by atoms with van der Waals surface area (Å²) in [6.45, 7) is 0. The van der Waals surface area contributed by atoms with Crippen molar-refractivity contribution in [1.82, 2.24) is 4.98 Å². The van der Waals surface area contributed by atoms with Crippen molar-refractivity contribution in [3.05, 3.63) is 39.1 Å². The summed E-state index contributed by atoms with van der Waals surface area (Å²) in [7, 11) is 3.28. The Morgan fingerprint density at radius 2 is 2.28 bits per heavy atom. The van der Waals surface area contributed by atoms with E-state index in [2.05, 4.69) is 26.2 Å². The number of nitrogens with one attached hydrogen (secondary N) is 1. The van der Waals surface area contributed by atoms with Gasteiger partial charge in [0.05, 0.1) is 7.11 Å². The van der Waals surface area contributed by atoms with Crippen LogP contribution in [-0.2, 0) is 6.42 Å². The summed E-state index contributed by atoms with van der Waals surface area (Å²) >= 11 is 4.95. The van der Waals surface area contributed by atoms with Crippen molar-refractivity contribution in [3.8, 4) is 5.75 Å². The number of rotatable bonds is 4. The lowest BCUT2D eigenvalue weighted by atomic mass is 10.1. The van der Waals surface area contributed by atoms with Gasteiger partial charge in [-0.2, -0.15) is 0 Å². The van der Waals surface area contributed by atoms with Gasteiger partial charge in [-0.15, -0.1) is 11.3 Å². The standard InChI is InChI=1S/C12H12BrFN2OS/c1-15-12-16-11(13)10(18-12)6-7-3-4-9(17-2)8(14)5-7/h3-5H,6H2,1-2H3,(H,15,16). The molecule has 6 heteroatoms. The van der Waals surface area contributed by atoms with Crippen LogP contribution in [0.25, 0.3) is 0 Å². The van der Waals surface area contributed by atoms with Gasteiger partial charge >= 0.3 is 0 Å². The minimum Gasteiger partial charge on any atom is -0.494 e. The van der Waals surface area contributed by atoms with Crippen molar-refractivity contribution in [1.29, 1.82) is 0 Å². The predicted octanol–water partition coefficient (Wildman–Crippen LogP) is 3.69. The van der Waals surface area contributed by atoms with Crippen LogP contribution in [-0.4, -0.2) is 19.1 Å².